The number of hydrogen-bond donors (Lipinski definition) is 3. The van der Waals surface area contributed by atoms with Gasteiger partial charge in [0.1, 0.15) is 0 Å². The smallest absolute Gasteiger partial charge is 0.330 e. The number of nitrogens with one attached hydrogen (secondary N) is 2. The first-order valence-electron chi connectivity index (χ1n) is 7.71. The van der Waals surface area contributed by atoms with Crippen LogP contribution in [0.15, 0.2) is 39.9 Å². The van der Waals surface area contributed by atoms with E-state index in [0.29, 0.717) is 29.3 Å². The van der Waals surface area contributed by atoms with Crippen molar-refractivity contribution in [2.45, 2.75) is 25.8 Å². The summed E-state index contributed by atoms with van der Waals surface area (Å²) in [4.78, 5) is 34.5. The molecule has 0 spiro atoms. The van der Waals surface area contributed by atoms with Crippen molar-refractivity contribution in [3.63, 3.8) is 0 Å². The first-order valence-corrected chi connectivity index (χ1v) is 9.23. The molecule has 134 valence electrons. The highest BCUT2D eigenvalue weighted by atomic mass is 32.2. The molecule has 1 aliphatic heterocycles. The van der Waals surface area contributed by atoms with Gasteiger partial charge in [-0.3, -0.25) is 9.59 Å². The molecule has 0 aliphatic carbocycles. The Morgan fingerprint density at radius 3 is 2.64 bits per heavy atom. The third-order valence-corrected chi connectivity index (χ3v) is 4.85. The molecule has 0 saturated carbocycles. The molecule has 2 rings (SSSR count). The predicted molar refractivity (Wildman–Crippen MR) is 95.0 cm³/mol. The van der Waals surface area contributed by atoms with E-state index in [1.54, 1.807) is 37.3 Å². The molecular formula is C16H20N4O4S. The van der Waals surface area contributed by atoms with E-state index in [-0.39, 0.29) is 18.2 Å². The Morgan fingerprint density at radius 1 is 1.32 bits per heavy atom. The first kappa shape index (κ1) is 18.8. The van der Waals surface area contributed by atoms with E-state index >= 15 is 0 Å². The van der Waals surface area contributed by atoms with Gasteiger partial charge in [0, 0.05) is 12.1 Å². The van der Waals surface area contributed by atoms with Crippen molar-refractivity contribution in [2.24, 2.45) is 9.57 Å². The summed E-state index contributed by atoms with van der Waals surface area (Å²) in [5, 5.41) is 18.5. The van der Waals surface area contributed by atoms with Gasteiger partial charge in [0.15, 0.2) is 6.04 Å². The normalized spacial score (nSPS) is 18.7. The zero-order valence-electron chi connectivity index (χ0n) is 13.8. The molecule has 1 aromatic rings. The lowest BCUT2D eigenvalue weighted by Crippen LogP contribution is -2.33. The third kappa shape index (κ3) is 6.11. The number of amides is 2. The van der Waals surface area contributed by atoms with Gasteiger partial charge in [-0.15, -0.1) is 4.47 Å². The maximum atomic E-state index is 12.0. The molecule has 3 N–H and O–H groups in total. The van der Waals surface area contributed by atoms with E-state index in [1.165, 1.54) is 0 Å². The minimum atomic E-state index is -1.11. The molecule has 1 aromatic carbocycles. The molecule has 0 radical (unpaired) electrons. The highest BCUT2D eigenvalue weighted by Gasteiger charge is 2.21. The summed E-state index contributed by atoms with van der Waals surface area (Å²) in [6, 6.07) is 7.46. The van der Waals surface area contributed by atoms with Crippen LogP contribution in [0.1, 0.15) is 31.4 Å². The molecule has 9 heteroatoms. The average molecular weight is 364 g/mol. The fourth-order valence-electron chi connectivity index (χ4n) is 2.11. The Morgan fingerprint density at radius 2 is 2.04 bits per heavy atom. The van der Waals surface area contributed by atoms with Crippen LogP contribution in [-0.4, -0.2) is 40.2 Å². The molecule has 1 aliphatic rings. The number of carboxylic acids is 1. The van der Waals surface area contributed by atoms with Crippen molar-refractivity contribution in [3.8, 4) is 0 Å². The Bertz CT molecular complexity index is 718. The van der Waals surface area contributed by atoms with Gasteiger partial charge in [-0.05, 0) is 29.6 Å². The van der Waals surface area contributed by atoms with Gasteiger partial charge in [-0.25, -0.2) is 4.79 Å². The van der Waals surface area contributed by atoms with Gasteiger partial charge in [-0.1, -0.05) is 30.3 Å². The zero-order chi connectivity index (χ0) is 18.2. The summed E-state index contributed by atoms with van der Waals surface area (Å²) in [6.45, 7) is 1.75. The van der Waals surface area contributed by atoms with Crippen molar-refractivity contribution in [3.05, 3.63) is 35.9 Å². The van der Waals surface area contributed by atoms with Crippen LogP contribution in [0.4, 0.5) is 0 Å². The molecule has 25 heavy (non-hydrogen) atoms. The van der Waals surface area contributed by atoms with E-state index in [4.69, 9.17) is 0 Å². The molecular weight excluding hydrogens is 344 g/mol. The molecule has 2 amide bonds. The van der Waals surface area contributed by atoms with Gasteiger partial charge in [0.05, 0.1) is 11.6 Å². The van der Waals surface area contributed by atoms with E-state index in [9.17, 15) is 19.5 Å². The molecule has 0 aromatic heterocycles. The van der Waals surface area contributed by atoms with Crippen molar-refractivity contribution in [1.29, 1.82) is 0 Å². The molecule has 8 nitrogen and oxygen atoms in total. The minimum absolute atomic E-state index is 0.0278. The van der Waals surface area contributed by atoms with Gasteiger partial charge in [0.2, 0.25) is 11.8 Å². The highest BCUT2D eigenvalue weighted by Crippen LogP contribution is 2.13. The number of carbonyl (C=O) groups excluding carboxylic acids is 2. The molecule has 1 heterocycles. The first-order chi connectivity index (χ1) is 12.0. The molecule has 1 fully saturated rings. The van der Waals surface area contributed by atoms with Crippen LogP contribution in [0.5, 0.6) is 0 Å². The van der Waals surface area contributed by atoms with Crippen LogP contribution in [0, 0.1) is 0 Å². The zero-order valence-corrected chi connectivity index (χ0v) is 14.6. The summed E-state index contributed by atoms with van der Waals surface area (Å²) in [5.41, 5.74) is 1.18. The lowest BCUT2D eigenvalue weighted by atomic mass is 10.1. The van der Waals surface area contributed by atoms with Gasteiger partial charge < -0.3 is 15.7 Å². The Balaban J connectivity index is 1.86. The third-order valence-electron chi connectivity index (χ3n) is 3.46. The van der Waals surface area contributed by atoms with Crippen LogP contribution in [0.25, 0.3) is 0 Å². The largest absolute Gasteiger partial charge is 0.479 e. The maximum absolute atomic E-state index is 12.0. The Labute approximate surface area is 147 Å². The second-order valence-electron chi connectivity index (χ2n) is 5.52. The number of rotatable bonds is 7. The molecule has 2 unspecified atom stereocenters. The molecule has 0 bridgehead atoms. The lowest BCUT2D eigenvalue weighted by molar-refractivity contribution is -0.142. The number of nitrogens with zero attached hydrogens (tertiary/aromatic N) is 2. The van der Waals surface area contributed by atoms with Crippen molar-refractivity contribution in [2.75, 3.05) is 11.6 Å². The predicted octanol–water partition coefficient (Wildman–Crippen LogP) is 0.974. The van der Waals surface area contributed by atoms with Crippen LogP contribution in [0.2, 0.25) is 0 Å². The number of carboxylic acid groups (broad SMARTS) is 1. The van der Waals surface area contributed by atoms with Crippen LogP contribution < -0.4 is 10.6 Å². The fraction of sp³-hybridized carbons (Fsp3) is 0.375. The topological polar surface area (TPSA) is 120 Å². The fourth-order valence-corrected chi connectivity index (χ4v) is 3.32. The van der Waals surface area contributed by atoms with Gasteiger partial charge >= 0.3 is 5.97 Å². The summed E-state index contributed by atoms with van der Waals surface area (Å²) >= 11 is 0. The number of aliphatic carboxylic acids is 1. The van der Waals surface area contributed by atoms with Crippen molar-refractivity contribution >= 4 is 34.2 Å². The van der Waals surface area contributed by atoms with E-state index in [1.807, 2.05) is 0 Å². The SMILES string of the molecule is C/C(CCC(=O)NC(C(=O)O)c1ccccc1)=N\N=S1/CNC(=O)C1. The second kappa shape index (κ2) is 9.07. The Kier molecular flexibility index (Phi) is 6.81. The summed E-state index contributed by atoms with van der Waals surface area (Å²) in [6.07, 6.45) is 0.488. The van der Waals surface area contributed by atoms with E-state index in [2.05, 4.69) is 20.2 Å². The maximum Gasteiger partial charge on any atom is 0.330 e. The van der Waals surface area contributed by atoms with Crippen LogP contribution in [-0.2, 0) is 25.1 Å². The average Bonchev–Trinajstić information content (AvgIpc) is 3.02. The molecule has 1 saturated heterocycles. The number of benzene rings is 1. The number of hydrogen-bond acceptors (Lipinski definition) is 4. The lowest BCUT2D eigenvalue weighted by Gasteiger charge is -2.14. The highest BCUT2D eigenvalue weighted by molar-refractivity contribution is 7.88. The quantitative estimate of drug-likeness (QED) is 0.493. The summed E-state index contributed by atoms with van der Waals surface area (Å²) in [5.74, 6) is -0.646. The summed E-state index contributed by atoms with van der Waals surface area (Å²) < 4.78 is 4.09. The summed E-state index contributed by atoms with van der Waals surface area (Å²) in [7, 11) is -0.434. The van der Waals surface area contributed by atoms with Gasteiger partial charge in [0.25, 0.3) is 0 Å². The number of carbonyl (C=O) groups is 3. The van der Waals surface area contributed by atoms with Gasteiger partial charge in [-0.2, -0.15) is 5.10 Å². The minimum Gasteiger partial charge on any atom is -0.479 e. The van der Waals surface area contributed by atoms with Crippen LogP contribution >= 0.6 is 0 Å². The van der Waals surface area contributed by atoms with Crippen molar-refractivity contribution < 1.29 is 19.5 Å². The van der Waals surface area contributed by atoms with Crippen LogP contribution in [0.3, 0.4) is 0 Å². The molecule has 2 atom stereocenters. The van der Waals surface area contributed by atoms with Crippen molar-refractivity contribution in [1.82, 2.24) is 10.6 Å². The monoisotopic (exact) mass is 364 g/mol. The Hall–Kier alpha value is -2.55. The standard InChI is InChI=1S/C16H20N4O4S/c1-11(19-20-25-9-14(22)17-10-25)7-8-13(21)18-15(16(23)24)12-5-3-2-4-6-12/h2-6,15H,7-10H2,1H3,(H,17,22)(H,18,21)(H,23,24)/b19-11+. The van der Waals surface area contributed by atoms with E-state index in [0.717, 1.165) is 0 Å². The second-order valence-corrected chi connectivity index (χ2v) is 7.18. The van der Waals surface area contributed by atoms with E-state index < -0.39 is 22.7 Å².